The molecule has 2 unspecified atom stereocenters. The van der Waals surface area contributed by atoms with Crippen molar-refractivity contribution in [2.45, 2.75) is 46.1 Å². The molecule has 0 saturated carbocycles. The van der Waals surface area contributed by atoms with E-state index in [0.717, 1.165) is 12.0 Å². The Morgan fingerprint density at radius 2 is 2.08 bits per heavy atom. The van der Waals surface area contributed by atoms with Gasteiger partial charge in [0.1, 0.15) is 0 Å². The summed E-state index contributed by atoms with van der Waals surface area (Å²) >= 11 is 0. The number of hydrogen-bond donors (Lipinski definition) is 0. The van der Waals surface area contributed by atoms with Crippen molar-refractivity contribution in [2.75, 3.05) is 13.6 Å². The standard InChI is InChI=1S/C10H17N.C2H6/c1-8-5-6-9-4-3-7-11(2)10(8)9;1-2/h5,9-10H,3-4,6-7H2,1-2H3;1-2H3. The molecule has 0 amide bonds. The van der Waals surface area contributed by atoms with E-state index in [4.69, 9.17) is 0 Å². The lowest BCUT2D eigenvalue weighted by molar-refractivity contribution is 0.160. The molecule has 1 saturated heterocycles. The Morgan fingerprint density at radius 3 is 2.69 bits per heavy atom. The molecule has 1 nitrogen and oxygen atoms in total. The van der Waals surface area contributed by atoms with Gasteiger partial charge in [-0.3, -0.25) is 4.90 Å². The molecule has 0 spiro atoms. The third-order valence-corrected chi connectivity index (χ3v) is 3.22. The Kier molecular flexibility index (Phi) is 3.98. The van der Waals surface area contributed by atoms with Gasteiger partial charge in [-0.1, -0.05) is 25.5 Å². The van der Waals surface area contributed by atoms with E-state index in [1.54, 1.807) is 5.57 Å². The van der Waals surface area contributed by atoms with Crippen LogP contribution < -0.4 is 0 Å². The topological polar surface area (TPSA) is 3.24 Å². The lowest BCUT2D eigenvalue weighted by Crippen LogP contribution is -2.40. The van der Waals surface area contributed by atoms with Crippen molar-refractivity contribution in [1.82, 2.24) is 4.90 Å². The number of likely N-dealkylation sites (tertiary alicyclic amines) is 1. The van der Waals surface area contributed by atoms with Gasteiger partial charge in [-0.15, -0.1) is 0 Å². The maximum absolute atomic E-state index is 2.52. The molecule has 2 aliphatic rings. The highest BCUT2D eigenvalue weighted by Gasteiger charge is 2.32. The van der Waals surface area contributed by atoms with E-state index in [9.17, 15) is 0 Å². The Hall–Kier alpha value is -0.300. The van der Waals surface area contributed by atoms with Gasteiger partial charge in [-0.05, 0) is 45.7 Å². The second-order valence-corrected chi connectivity index (χ2v) is 4.01. The van der Waals surface area contributed by atoms with Gasteiger partial charge in [-0.25, -0.2) is 0 Å². The third kappa shape index (κ3) is 2.14. The smallest absolute Gasteiger partial charge is 0.0333 e. The Labute approximate surface area is 82.8 Å². The van der Waals surface area contributed by atoms with E-state index in [2.05, 4.69) is 24.9 Å². The van der Waals surface area contributed by atoms with Crippen LogP contribution in [0.3, 0.4) is 0 Å². The van der Waals surface area contributed by atoms with Gasteiger partial charge < -0.3 is 0 Å². The SMILES string of the molecule is CC.CC1=CCC2CCCN(C)C12. The lowest BCUT2D eigenvalue weighted by atomic mass is 9.90. The fourth-order valence-corrected chi connectivity index (χ4v) is 2.68. The van der Waals surface area contributed by atoms with Crippen LogP contribution in [0, 0.1) is 5.92 Å². The zero-order valence-electron chi connectivity index (χ0n) is 9.51. The largest absolute Gasteiger partial charge is 0.299 e. The quantitative estimate of drug-likeness (QED) is 0.519. The zero-order chi connectivity index (χ0) is 9.84. The minimum Gasteiger partial charge on any atom is -0.299 e. The number of hydrogen-bond acceptors (Lipinski definition) is 1. The van der Waals surface area contributed by atoms with Crippen molar-refractivity contribution >= 4 is 0 Å². The molecule has 2 rings (SSSR count). The van der Waals surface area contributed by atoms with Gasteiger partial charge in [0, 0.05) is 6.04 Å². The number of allylic oxidation sites excluding steroid dienone is 1. The lowest BCUT2D eigenvalue weighted by Gasteiger charge is -2.36. The van der Waals surface area contributed by atoms with Gasteiger partial charge in [0.15, 0.2) is 0 Å². The summed E-state index contributed by atoms with van der Waals surface area (Å²) in [5.41, 5.74) is 1.61. The molecular weight excluding hydrogens is 158 g/mol. The number of nitrogens with zero attached hydrogens (tertiary/aromatic N) is 1. The van der Waals surface area contributed by atoms with Crippen molar-refractivity contribution in [3.63, 3.8) is 0 Å². The van der Waals surface area contributed by atoms with Gasteiger partial charge in [0.2, 0.25) is 0 Å². The first-order valence-electron chi connectivity index (χ1n) is 5.66. The fourth-order valence-electron chi connectivity index (χ4n) is 2.68. The van der Waals surface area contributed by atoms with E-state index in [0.29, 0.717) is 0 Å². The first kappa shape index (κ1) is 10.8. The summed E-state index contributed by atoms with van der Waals surface area (Å²) in [5, 5.41) is 0. The van der Waals surface area contributed by atoms with E-state index < -0.39 is 0 Å². The van der Waals surface area contributed by atoms with Crippen LogP contribution in [0.1, 0.15) is 40.0 Å². The van der Waals surface area contributed by atoms with Crippen LogP contribution >= 0.6 is 0 Å². The maximum atomic E-state index is 2.52. The third-order valence-electron chi connectivity index (χ3n) is 3.22. The molecule has 2 atom stereocenters. The molecule has 0 aromatic heterocycles. The summed E-state index contributed by atoms with van der Waals surface area (Å²) in [6.07, 6.45) is 6.61. The predicted molar refractivity (Wildman–Crippen MR) is 58.9 cm³/mol. The monoisotopic (exact) mass is 181 g/mol. The van der Waals surface area contributed by atoms with Crippen molar-refractivity contribution in [3.05, 3.63) is 11.6 Å². The Bertz CT molecular complexity index is 184. The molecule has 1 fully saturated rings. The van der Waals surface area contributed by atoms with Crippen LogP contribution in [0.2, 0.25) is 0 Å². The summed E-state index contributed by atoms with van der Waals surface area (Å²) in [6.45, 7) is 7.58. The molecule has 1 aliphatic carbocycles. The van der Waals surface area contributed by atoms with E-state index in [1.165, 1.54) is 25.8 Å². The highest BCUT2D eigenvalue weighted by atomic mass is 15.1. The average Bonchev–Trinajstić information content (AvgIpc) is 2.53. The molecule has 1 aliphatic heterocycles. The molecule has 0 aromatic carbocycles. The van der Waals surface area contributed by atoms with Crippen LogP contribution in [-0.4, -0.2) is 24.5 Å². The maximum Gasteiger partial charge on any atom is 0.0333 e. The molecule has 0 bridgehead atoms. The van der Waals surface area contributed by atoms with Gasteiger partial charge in [0.25, 0.3) is 0 Å². The van der Waals surface area contributed by atoms with Crippen LogP contribution in [0.4, 0.5) is 0 Å². The molecular formula is C12H23N. The number of likely N-dealkylation sites (N-methyl/N-ethyl adjacent to an activating group) is 1. The minimum absolute atomic E-state index is 0.795. The highest BCUT2D eigenvalue weighted by Crippen LogP contribution is 2.35. The average molecular weight is 181 g/mol. The molecule has 1 heteroatoms. The summed E-state index contributed by atoms with van der Waals surface area (Å²) in [5.74, 6) is 0.953. The normalized spacial score (nSPS) is 33.1. The molecule has 0 aromatic rings. The first-order valence-corrected chi connectivity index (χ1v) is 5.66. The first-order chi connectivity index (χ1) is 6.29. The van der Waals surface area contributed by atoms with Gasteiger partial charge in [0.05, 0.1) is 0 Å². The zero-order valence-corrected chi connectivity index (χ0v) is 9.51. The Morgan fingerprint density at radius 1 is 1.38 bits per heavy atom. The van der Waals surface area contributed by atoms with Crippen LogP contribution in [0.5, 0.6) is 0 Å². The van der Waals surface area contributed by atoms with Gasteiger partial charge >= 0.3 is 0 Å². The van der Waals surface area contributed by atoms with E-state index >= 15 is 0 Å². The van der Waals surface area contributed by atoms with Crippen molar-refractivity contribution in [2.24, 2.45) is 5.92 Å². The molecule has 76 valence electrons. The van der Waals surface area contributed by atoms with Crippen molar-refractivity contribution < 1.29 is 0 Å². The summed E-state index contributed by atoms with van der Waals surface area (Å²) in [6, 6.07) is 0.795. The molecule has 13 heavy (non-hydrogen) atoms. The van der Waals surface area contributed by atoms with Crippen molar-refractivity contribution in [3.8, 4) is 0 Å². The molecule has 0 N–H and O–H groups in total. The van der Waals surface area contributed by atoms with Crippen LogP contribution in [-0.2, 0) is 0 Å². The number of fused-ring (bicyclic) bond motifs is 1. The highest BCUT2D eigenvalue weighted by molar-refractivity contribution is 5.18. The Balaban J connectivity index is 0.000000396. The number of rotatable bonds is 0. The minimum atomic E-state index is 0.795. The summed E-state index contributed by atoms with van der Waals surface area (Å²) in [7, 11) is 2.26. The van der Waals surface area contributed by atoms with E-state index in [1.807, 2.05) is 13.8 Å². The van der Waals surface area contributed by atoms with E-state index in [-0.39, 0.29) is 0 Å². The fraction of sp³-hybridized carbons (Fsp3) is 0.833. The number of piperidine rings is 1. The van der Waals surface area contributed by atoms with Crippen LogP contribution in [0.15, 0.2) is 11.6 Å². The van der Waals surface area contributed by atoms with Gasteiger partial charge in [-0.2, -0.15) is 0 Å². The molecule has 0 radical (unpaired) electrons. The summed E-state index contributed by atoms with van der Waals surface area (Å²) in [4.78, 5) is 2.52. The van der Waals surface area contributed by atoms with Crippen molar-refractivity contribution in [1.29, 1.82) is 0 Å². The second-order valence-electron chi connectivity index (χ2n) is 4.01. The summed E-state index contributed by atoms with van der Waals surface area (Å²) < 4.78 is 0. The van der Waals surface area contributed by atoms with Crippen LogP contribution in [0.25, 0.3) is 0 Å². The predicted octanol–water partition coefficient (Wildman–Crippen LogP) is 3.07. The second kappa shape index (κ2) is 4.80. The molecule has 1 heterocycles.